The summed E-state index contributed by atoms with van der Waals surface area (Å²) in [5.41, 5.74) is 2.94. The van der Waals surface area contributed by atoms with Gasteiger partial charge < -0.3 is 19.7 Å². The number of benzene rings is 2. The second kappa shape index (κ2) is 6.95. The topological polar surface area (TPSA) is 59.5 Å². The summed E-state index contributed by atoms with van der Waals surface area (Å²) in [6.45, 7) is 3.13. The van der Waals surface area contributed by atoms with Gasteiger partial charge in [-0.25, -0.2) is 4.98 Å². The first-order valence-electron chi connectivity index (χ1n) is 9.48. The number of ether oxygens (including phenoxy) is 2. The van der Waals surface area contributed by atoms with Gasteiger partial charge in [0.15, 0.2) is 11.5 Å². The number of nitrogens with one attached hydrogen (secondary N) is 1. The Hall–Kier alpha value is -3.02. The van der Waals surface area contributed by atoms with Crippen LogP contribution in [-0.4, -0.2) is 42.3 Å². The lowest BCUT2D eigenvalue weighted by Gasteiger charge is -2.34. The molecule has 3 heterocycles. The minimum Gasteiger partial charge on any atom is -0.486 e. The quantitative estimate of drug-likeness (QED) is 0.770. The Balaban J connectivity index is 1.31. The van der Waals surface area contributed by atoms with Gasteiger partial charge >= 0.3 is 0 Å². The normalized spacial score (nSPS) is 19.1. The average molecular weight is 362 g/mol. The van der Waals surface area contributed by atoms with Gasteiger partial charge in [-0.1, -0.05) is 12.1 Å². The molecule has 3 aromatic rings. The number of hydrogen-bond acceptors (Lipinski definition) is 6. The van der Waals surface area contributed by atoms with Crippen LogP contribution in [0.4, 0.5) is 11.5 Å². The fraction of sp³-hybridized carbons (Fsp3) is 0.333. The van der Waals surface area contributed by atoms with Crippen molar-refractivity contribution in [2.45, 2.75) is 18.9 Å². The van der Waals surface area contributed by atoms with Crippen LogP contribution in [0.3, 0.4) is 0 Å². The maximum absolute atomic E-state index is 5.69. The molecule has 0 spiro atoms. The number of piperidine rings is 1. The van der Waals surface area contributed by atoms with Crippen LogP contribution in [-0.2, 0) is 0 Å². The summed E-state index contributed by atoms with van der Waals surface area (Å²) in [7, 11) is 0. The predicted molar refractivity (Wildman–Crippen MR) is 106 cm³/mol. The summed E-state index contributed by atoms with van der Waals surface area (Å²) >= 11 is 0. The third kappa shape index (κ3) is 3.35. The Morgan fingerprint density at radius 3 is 2.78 bits per heavy atom. The summed E-state index contributed by atoms with van der Waals surface area (Å²) in [6, 6.07) is 14.4. The van der Waals surface area contributed by atoms with E-state index in [0.29, 0.717) is 19.3 Å². The van der Waals surface area contributed by atoms with E-state index in [4.69, 9.17) is 14.5 Å². The highest BCUT2D eigenvalue weighted by atomic mass is 16.6. The third-order valence-electron chi connectivity index (χ3n) is 5.09. The van der Waals surface area contributed by atoms with Crippen LogP contribution in [0.5, 0.6) is 11.5 Å². The monoisotopic (exact) mass is 362 g/mol. The lowest BCUT2D eigenvalue weighted by molar-refractivity contribution is 0.171. The van der Waals surface area contributed by atoms with Gasteiger partial charge in [-0.15, -0.1) is 0 Å². The number of fused-ring (bicyclic) bond motifs is 2. The van der Waals surface area contributed by atoms with Gasteiger partial charge in [-0.2, -0.15) is 0 Å². The zero-order chi connectivity index (χ0) is 18.1. The van der Waals surface area contributed by atoms with Gasteiger partial charge in [0.05, 0.1) is 17.2 Å². The summed E-state index contributed by atoms with van der Waals surface area (Å²) < 4.78 is 11.3. The van der Waals surface area contributed by atoms with E-state index >= 15 is 0 Å². The van der Waals surface area contributed by atoms with E-state index < -0.39 is 0 Å². The smallest absolute Gasteiger partial charge is 0.163 e. The second-order valence-corrected chi connectivity index (χ2v) is 7.00. The molecule has 6 heteroatoms. The van der Waals surface area contributed by atoms with Crippen molar-refractivity contribution in [2.75, 3.05) is 36.5 Å². The molecule has 5 rings (SSSR count). The van der Waals surface area contributed by atoms with E-state index in [9.17, 15) is 0 Å². The van der Waals surface area contributed by atoms with Gasteiger partial charge in [0.1, 0.15) is 19.0 Å². The Labute approximate surface area is 158 Å². The molecule has 0 saturated carbocycles. The van der Waals surface area contributed by atoms with Gasteiger partial charge in [-0.3, -0.25) is 4.98 Å². The van der Waals surface area contributed by atoms with Crippen molar-refractivity contribution in [1.82, 2.24) is 9.97 Å². The Morgan fingerprint density at radius 2 is 1.85 bits per heavy atom. The molecule has 138 valence electrons. The molecule has 0 radical (unpaired) electrons. The fourth-order valence-electron chi connectivity index (χ4n) is 3.77. The maximum atomic E-state index is 5.69. The molecule has 0 aliphatic carbocycles. The minimum atomic E-state index is 0.356. The third-order valence-corrected chi connectivity index (χ3v) is 5.09. The molecule has 1 N–H and O–H groups in total. The van der Waals surface area contributed by atoms with Crippen molar-refractivity contribution >= 4 is 22.5 Å². The average Bonchev–Trinajstić information content (AvgIpc) is 2.73. The number of rotatable bonds is 3. The summed E-state index contributed by atoms with van der Waals surface area (Å²) in [4.78, 5) is 11.7. The predicted octanol–water partition coefficient (Wildman–Crippen LogP) is 3.48. The summed E-state index contributed by atoms with van der Waals surface area (Å²) in [5.74, 6) is 2.59. The zero-order valence-electron chi connectivity index (χ0n) is 15.1. The number of aromatic nitrogens is 2. The van der Waals surface area contributed by atoms with Crippen LogP contribution in [0.2, 0.25) is 0 Å². The van der Waals surface area contributed by atoms with Gasteiger partial charge in [-0.05, 0) is 37.1 Å². The SMILES string of the molecule is c1ccc2nc(N3CCC[C@H](Nc4ccc5c(c4)OCCO5)C3)cnc2c1. The lowest BCUT2D eigenvalue weighted by Crippen LogP contribution is -2.42. The van der Waals surface area contributed by atoms with Crippen molar-refractivity contribution < 1.29 is 9.47 Å². The minimum absolute atomic E-state index is 0.356. The molecular weight excluding hydrogens is 340 g/mol. The fourth-order valence-corrected chi connectivity index (χ4v) is 3.77. The standard InChI is InChI=1S/C21H22N4O2/c1-2-6-18-17(5-1)22-13-21(24-18)25-9-3-4-16(14-25)23-15-7-8-19-20(12-15)27-11-10-26-19/h1-2,5-8,12-13,16,23H,3-4,9-11,14H2/t16-/m0/s1. The van der Waals surface area contributed by atoms with Crippen LogP contribution in [0.1, 0.15) is 12.8 Å². The molecule has 1 fully saturated rings. The van der Waals surface area contributed by atoms with Gasteiger partial charge in [0, 0.05) is 30.9 Å². The van der Waals surface area contributed by atoms with E-state index in [0.717, 1.165) is 60.0 Å². The van der Waals surface area contributed by atoms with Crippen molar-refractivity contribution in [3.8, 4) is 11.5 Å². The van der Waals surface area contributed by atoms with E-state index in [1.807, 2.05) is 42.6 Å². The van der Waals surface area contributed by atoms with Crippen LogP contribution < -0.4 is 19.7 Å². The molecular formula is C21H22N4O2. The van der Waals surface area contributed by atoms with Gasteiger partial charge in [0.25, 0.3) is 0 Å². The first-order chi connectivity index (χ1) is 13.3. The van der Waals surface area contributed by atoms with E-state index in [1.165, 1.54) is 0 Å². The molecule has 0 amide bonds. The van der Waals surface area contributed by atoms with Crippen molar-refractivity contribution in [2.24, 2.45) is 0 Å². The van der Waals surface area contributed by atoms with Crippen LogP contribution >= 0.6 is 0 Å². The first kappa shape index (κ1) is 16.2. The van der Waals surface area contributed by atoms with Crippen molar-refractivity contribution in [3.05, 3.63) is 48.7 Å². The summed E-state index contributed by atoms with van der Waals surface area (Å²) in [5, 5.41) is 3.64. The van der Waals surface area contributed by atoms with Crippen molar-refractivity contribution in [1.29, 1.82) is 0 Å². The molecule has 1 aromatic heterocycles. The molecule has 0 unspecified atom stereocenters. The highest BCUT2D eigenvalue weighted by molar-refractivity contribution is 5.75. The van der Waals surface area contributed by atoms with Crippen molar-refractivity contribution in [3.63, 3.8) is 0 Å². The molecule has 1 saturated heterocycles. The van der Waals surface area contributed by atoms with Crippen LogP contribution in [0.15, 0.2) is 48.7 Å². The van der Waals surface area contributed by atoms with E-state index in [-0.39, 0.29) is 0 Å². The largest absolute Gasteiger partial charge is 0.486 e. The zero-order valence-corrected chi connectivity index (χ0v) is 15.1. The number of hydrogen-bond donors (Lipinski definition) is 1. The molecule has 1 atom stereocenters. The first-order valence-corrected chi connectivity index (χ1v) is 9.48. The van der Waals surface area contributed by atoms with E-state index in [2.05, 4.69) is 21.3 Å². The van der Waals surface area contributed by atoms with Crippen LogP contribution in [0, 0.1) is 0 Å². The maximum Gasteiger partial charge on any atom is 0.163 e. The Kier molecular flexibility index (Phi) is 4.16. The molecule has 27 heavy (non-hydrogen) atoms. The molecule has 2 aromatic carbocycles. The highest BCUT2D eigenvalue weighted by Gasteiger charge is 2.22. The number of nitrogens with zero attached hydrogens (tertiary/aromatic N) is 3. The lowest BCUT2D eigenvalue weighted by atomic mass is 10.1. The molecule has 6 nitrogen and oxygen atoms in total. The van der Waals surface area contributed by atoms with Crippen LogP contribution in [0.25, 0.3) is 11.0 Å². The Morgan fingerprint density at radius 1 is 1.00 bits per heavy atom. The highest BCUT2D eigenvalue weighted by Crippen LogP contribution is 2.33. The molecule has 2 aliphatic rings. The summed E-state index contributed by atoms with van der Waals surface area (Å²) in [6.07, 6.45) is 4.14. The number of anilines is 2. The molecule has 2 aliphatic heterocycles. The van der Waals surface area contributed by atoms with E-state index in [1.54, 1.807) is 0 Å². The number of para-hydroxylation sites is 2. The molecule has 0 bridgehead atoms. The Bertz CT molecular complexity index is 962. The second-order valence-electron chi connectivity index (χ2n) is 7.00. The van der Waals surface area contributed by atoms with Gasteiger partial charge in [0.2, 0.25) is 0 Å².